The van der Waals surface area contributed by atoms with Crippen LogP contribution in [0.5, 0.6) is 0 Å². The van der Waals surface area contributed by atoms with Crippen LogP contribution in [0.15, 0.2) is 18.2 Å². The average Bonchev–Trinajstić information content (AvgIpc) is 2.18. The van der Waals surface area contributed by atoms with E-state index in [0.717, 1.165) is 6.07 Å². The van der Waals surface area contributed by atoms with E-state index in [1.165, 1.54) is 12.1 Å². The molecule has 1 rings (SSSR count). The van der Waals surface area contributed by atoms with Gasteiger partial charge >= 0.3 is 12.1 Å². The lowest BCUT2D eigenvalue weighted by Gasteiger charge is -2.14. The number of nitrogens with two attached hydrogens (primary N) is 1. The molecule has 0 aliphatic carbocycles. The van der Waals surface area contributed by atoms with Gasteiger partial charge in [0.1, 0.15) is 0 Å². The summed E-state index contributed by atoms with van der Waals surface area (Å²) in [4.78, 5) is 10.2. The zero-order valence-corrected chi connectivity index (χ0v) is 8.71. The van der Waals surface area contributed by atoms with Crippen molar-refractivity contribution >= 4 is 17.3 Å². The molecule has 17 heavy (non-hydrogen) atoms. The van der Waals surface area contributed by atoms with Crippen LogP contribution >= 0.6 is 0 Å². The summed E-state index contributed by atoms with van der Waals surface area (Å²) in [6.07, 6.45) is -4.79. The van der Waals surface area contributed by atoms with E-state index in [2.05, 4.69) is 5.32 Å². The molecule has 4 nitrogen and oxygen atoms in total. The van der Waals surface area contributed by atoms with E-state index in [-0.39, 0.29) is 24.3 Å². The molecule has 7 heteroatoms. The number of nitrogen functional groups attached to an aromatic ring is 1. The zero-order chi connectivity index (χ0) is 13.1. The van der Waals surface area contributed by atoms with Crippen molar-refractivity contribution in [1.29, 1.82) is 0 Å². The molecule has 1 aromatic carbocycles. The van der Waals surface area contributed by atoms with Crippen LogP contribution in [-0.2, 0) is 11.0 Å². The number of carboxylic acid groups (broad SMARTS) is 1. The van der Waals surface area contributed by atoms with Crippen LogP contribution in [0.4, 0.5) is 24.5 Å². The minimum Gasteiger partial charge on any atom is -0.481 e. The van der Waals surface area contributed by atoms with Crippen LogP contribution in [0, 0.1) is 0 Å². The molecule has 0 fully saturated rings. The molecule has 0 unspecified atom stereocenters. The molecule has 0 atom stereocenters. The van der Waals surface area contributed by atoms with E-state index < -0.39 is 17.7 Å². The van der Waals surface area contributed by atoms with Crippen molar-refractivity contribution in [2.75, 3.05) is 17.6 Å². The van der Waals surface area contributed by atoms with Crippen molar-refractivity contribution in [3.8, 4) is 0 Å². The van der Waals surface area contributed by atoms with Gasteiger partial charge in [0.2, 0.25) is 0 Å². The second-order valence-electron chi connectivity index (χ2n) is 3.37. The number of carboxylic acids is 1. The molecule has 0 saturated heterocycles. The monoisotopic (exact) mass is 248 g/mol. The van der Waals surface area contributed by atoms with Crippen LogP contribution in [0.3, 0.4) is 0 Å². The van der Waals surface area contributed by atoms with E-state index in [1.54, 1.807) is 0 Å². The standard InChI is InChI=1S/C10H11F3N2O2/c11-10(12,13)7-5-6(14)1-2-8(7)15-4-3-9(16)17/h1-2,5,15H,3-4,14H2,(H,16,17). The highest BCUT2D eigenvalue weighted by Gasteiger charge is 2.33. The van der Waals surface area contributed by atoms with Crippen LogP contribution in [-0.4, -0.2) is 17.6 Å². The lowest BCUT2D eigenvalue weighted by molar-refractivity contribution is -0.137. The van der Waals surface area contributed by atoms with Gasteiger partial charge in [-0.25, -0.2) is 0 Å². The first-order chi connectivity index (χ1) is 7.80. The third kappa shape index (κ3) is 3.86. The van der Waals surface area contributed by atoms with Gasteiger partial charge in [0.05, 0.1) is 12.0 Å². The molecular formula is C10H11F3N2O2. The summed E-state index contributed by atoms with van der Waals surface area (Å²) in [5, 5.41) is 10.8. The summed E-state index contributed by atoms with van der Waals surface area (Å²) in [5.74, 6) is -1.08. The topological polar surface area (TPSA) is 75.3 Å². The number of alkyl halides is 3. The fourth-order valence-corrected chi connectivity index (χ4v) is 1.25. The number of hydrogen-bond donors (Lipinski definition) is 3. The molecule has 0 amide bonds. The molecule has 0 aliphatic rings. The van der Waals surface area contributed by atoms with Gasteiger partial charge in [-0.05, 0) is 18.2 Å². The normalized spacial score (nSPS) is 11.2. The lowest BCUT2D eigenvalue weighted by Crippen LogP contribution is -2.13. The first-order valence-corrected chi connectivity index (χ1v) is 4.73. The quantitative estimate of drug-likeness (QED) is 0.714. The SMILES string of the molecule is Nc1ccc(NCCC(=O)O)c(C(F)(F)F)c1. The molecule has 0 aromatic heterocycles. The molecule has 0 heterocycles. The maximum Gasteiger partial charge on any atom is 0.418 e. The summed E-state index contributed by atoms with van der Waals surface area (Å²) >= 11 is 0. The van der Waals surface area contributed by atoms with Crippen LogP contribution in [0.1, 0.15) is 12.0 Å². The third-order valence-electron chi connectivity index (χ3n) is 2.00. The summed E-state index contributed by atoms with van der Waals surface area (Å²) < 4.78 is 37.8. The second kappa shape index (κ2) is 4.94. The Bertz CT molecular complexity index is 419. The molecule has 4 N–H and O–H groups in total. The van der Waals surface area contributed by atoms with Gasteiger partial charge in [-0.15, -0.1) is 0 Å². The van der Waals surface area contributed by atoms with Gasteiger partial charge in [-0.3, -0.25) is 4.79 Å². The molecule has 0 aliphatic heterocycles. The lowest BCUT2D eigenvalue weighted by atomic mass is 10.1. The molecule has 0 saturated carbocycles. The smallest absolute Gasteiger partial charge is 0.418 e. The summed E-state index contributed by atoms with van der Waals surface area (Å²) in [6.45, 7) is -0.0810. The maximum atomic E-state index is 12.6. The predicted molar refractivity (Wildman–Crippen MR) is 56.6 cm³/mol. The maximum absolute atomic E-state index is 12.6. The number of benzene rings is 1. The number of carbonyl (C=O) groups is 1. The Balaban J connectivity index is 2.87. The van der Waals surface area contributed by atoms with Crippen molar-refractivity contribution in [1.82, 2.24) is 0 Å². The van der Waals surface area contributed by atoms with Gasteiger partial charge in [-0.1, -0.05) is 0 Å². The first-order valence-electron chi connectivity index (χ1n) is 4.73. The fraction of sp³-hybridized carbons (Fsp3) is 0.300. The van der Waals surface area contributed by atoms with E-state index in [9.17, 15) is 18.0 Å². The Morgan fingerprint density at radius 3 is 2.59 bits per heavy atom. The minimum absolute atomic E-state index is 0.00103. The number of hydrogen-bond acceptors (Lipinski definition) is 3. The van der Waals surface area contributed by atoms with Gasteiger partial charge in [0.25, 0.3) is 0 Å². The molecule has 0 radical (unpaired) electrons. The van der Waals surface area contributed by atoms with E-state index in [1.807, 2.05) is 0 Å². The van der Waals surface area contributed by atoms with Crippen LogP contribution in [0.25, 0.3) is 0 Å². The van der Waals surface area contributed by atoms with Crippen molar-refractivity contribution in [2.24, 2.45) is 0 Å². The van der Waals surface area contributed by atoms with Gasteiger partial charge < -0.3 is 16.2 Å². The largest absolute Gasteiger partial charge is 0.481 e. The van der Waals surface area contributed by atoms with Crippen molar-refractivity contribution < 1.29 is 23.1 Å². The number of halogens is 3. The molecule has 0 spiro atoms. The number of aliphatic carboxylic acids is 1. The van der Waals surface area contributed by atoms with E-state index >= 15 is 0 Å². The Morgan fingerprint density at radius 1 is 1.41 bits per heavy atom. The molecule has 0 bridgehead atoms. The minimum atomic E-state index is -4.53. The summed E-state index contributed by atoms with van der Waals surface area (Å²) in [5.41, 5.74) is 4.21. The van der Waals surface area contributed by atoms with Crippen LogP contribution in [0.2, 0.25) is 0 Å². The van der Waals surface area contributed by atoms with Crippen molar-refractivity contribution in [2.45, 2.75) is 12.6 Å². The van der Waals surface area contributed by atoms with Gasteiger partial charge in [0.15, 0.2) is 0 Å². The predicted octanol–water partition coefficient (Wildman–Crippen LogP) is 2.17. The highest BCUT2D eigenvalue weighted by molar-refractivity contribution is 5.68. The highest BCUT2D eigenvalue weighted by atomic mass is 19.4. The Morgan fingerprint density at radius 2 is 2.06 bits per heavy atom. The Kier molecular flexibility index (Phi) is 3.82. The number of nitrogens with one attached hydrogen (secondary N) is 1. The Labute approximate surface area is 95.2 Å². The Hall–Kier alpha value is -1.92. The second-order valence-corrected chi connectivity index (χ2v) is 3.37. The zero-order valence-electron chi connectivity index (χ0n) is 8.71. The summed E-state index contributed by atoms with van der Waals surface area (Å²) in [7, 11) is 0. The third-order valence-corrected chi connectivity index (χ3v) is 2.00. The highest BCUT2D eigenvalue weighted by Crippen LogP contribution is 2.35. The van der Waals surface area contributed by atoms with Crippen molar-refractivity contribution in [3.63, 3.8) is 0 Å². The average molecular weight is 248 g/mol. The molecule has 94 valence electrons. The molecular weight excluding hydrogens is 237 g/mol. The summed E-state index contributed by atoms with van der Waals surface area (Å²) in [6, 6.07) is 3.31. The molecule has 1 aromatic rings. The van der Waals surface area contributed by atoms with Gasteiger partial charge in [-0.2, -0.15) is 13.2 Å². The van der Waals surface area contributed by atoms with Crippen LogP contribution < -0.4 is 11.1 Å². The van der Waals surface area contributed by atoms with Crippen molar-refractivity contribution in [3.05, 3.63) is 23.8 Å². The number of anilines is 2. The van der Waals surface area contributed by atoms with E-state index in [0.29, 0.717) is 0 Å². The van der Waals surface area contributed by atoms with Gasteiger partial charge in [0, 0.05) is 17.9 Å². The number of rotatable bonds is 4. The first kappa shape index (κ1) is 13.1. The van der Waals surface area contributed by atoms with E-state index in [4.69, 9.17) is 10.8 Å². The fourth-order valence-electron chi connectivity index (χ4n) is 1.25.